The van der Waals surface area contributed by atoms with Crippen molar-refractivity contribution in [2.24, 2.45) is 11.8 Å². The van der Waals surface area contributed by atoms with Gasteiger partial charge in [0.1, 0.15) is 6.07 Å². The van der Waals surface area contributed by atoms with Crippen LogP contribution in [0.4, 0.5) is 5.69 Å². The van der Waals surface area contributed by atoms with E-state index in [1.54, 1.807) is 12.1 Å². The fourth-order valence-corrected chi connectivity index (χ4v) is 2.04. The minimum Gasteiger partial charge on any atom is -0.384 e. The van der Waals surface area contributed by atoms with Crippen molar-refractivity contribution in [2.75, 3.05) is 11.9 Å². The summed E-state index contributed by atoms with van der Waals surface area (Å²) in [5.41, 5.74) is 1.51. The van der Waals surface area contributed by atoms with Crippen molar-refractivity contribution >= 4 is 17.3 Å². The number of hydrogen-bond acceptors (Lipinski definition) is 2. The predicted molar refractivity (Wildman–Crippen MR) is 66.5 cm³/mol. The molecular weight excluding hydrogens is 220 g/mol. The number of halogens is 1. The molecule has 1 N–H and O–H groups in total. The molecule has 1 fully saturated rings. The molecule has 0 aromatic heterocycles. The summed E-state index contributed by atoms with van der Waals surface area (Å²) in [5, 5.41) is 12.9. The van der Waals surface area contributed by atoms with Crippen LogP contribution in [0.5, 0.6) is 0 Å². The Morgan fingerprint density at radius 1 is 1.56 bits per heavy atom. The zero-order valence-corrected chi connectivity index (χ0v) is 10.1. The Bertz CT molecular complexity index is 418. The van der Waals surface area contributed by atoms with Gasteiger partial charge < -0.3 is 5.32 Å². The molecule has 1 aromatic rings. The molecule has 1 aromatic carbocycles. The minimum atomic E-state index is 0.660. The van der Waals surface area contributed by atoms with Crippen LogP contribution in [0.3, 0.4) is 0 Å². The molecule has 0 heterocycles. The summed E-state index contributed by atoms with van der Waals surface area (Å²) in [6.07, 6.45) is 2.70. The van der Waals surface area contributed by atoms with Crippen LogP contribution in [0.25, 0.3) is 0 Å². The maximum absolute atomic E-state index is 8.96. The van der Waals surface area contributed by atoms with Gasteiger partial charge in [0, 0.05) is 11.6 Å². The van der Waals surface area contributed by atoms with E-state index >= 15 is 0 Å². The smallest absolute Gasteiger partial charge is 0.101 e. The summed E-state index contributed by atoms with van der Waals surface area (Å²) in [4.78, 5) is 0. The number of anilines is 1. The van der Waals surface area contributed by atoms with Crippen LogP contribution in [-0.2, 0) is 0 Å². The summed E-state index contributed by atoms with van der Waals surface area (Å²) < 4.78 is 0. The van der Waals surface area contributed by atoms with Crippen molar-refractivity contribution in [3.63, 3.8) is 0 Å². The highest BCUT2D eigenvalue weighted by Crippen LogP contribution is 2.36. The fraction of sp³-hybridized carbons (Fsp3) is 0.462. The van der Waals surface area contributed by atoms with Crippen LogP contribution in [0.1, 0.15) is 25.3 Å². The first-order valence-corrected chi connectivity index (χ1v) is 6.02. The van der Waals surface area contributed by atoms with Crippen molar-refractivity contribution in [3.05, 3.63) is 28.8 Å². The monoisotopic (exact) mass is 234 g/mol. The lowest BCUT2D eigenvalue weighted by molar-refractivity contribution is 0.536. The topological polar surface area (TPSA) is 35.8 Å². The molecule has 1 saturated carbocycles. The van der Waals surface area contributed by atoms with E-state index in [4.69, 9.17) is 16.9 Å². The molecule has 0 aliphatic heterocycles. The largest absolute Gasteiger partial charge is 0.384 e. The summed E-state index contributed by atoms with van der Waals surface area (Å²) in [6.45, 7) is 3.17. The zero-order chi connectivity index (χ0) is 11.5. The highest BCUT2D eigenvalue weighted by atomic mass is 35.5. The number of nitriles is 1. The highest BCUT2D eigenvalue weighted by molar-refractivity contribution is 6.30. The Morgan fingerprint density at radius 2 is 2.31 bits per heavy atom. The van der Waals surface area contributed by atoms with Gasteiger partial charge in [-0.3, -0.25) is 0 Å². The highest BCUT2D eigenvalue weighted by Gasteiger charge is 2.27. The minimum absolute atomic E-state index is 0.660. The van der Waals surface area contributed by atoms with E-state index < -0.39 is 0 Å². The number of nitrogens with zero attached hydrogens (tertiary/aromatic N) is 1. The van der Waals surface area contributed by atoms with Crippen molar-refractivity contribution < 1.29 is 0 Å². The van der Waals surface area contributed by atoms with Crippen molar-refractivity contribution in [1.82, 2.24) is 0 Å². The molecule has 16 heavy (non-hydrogen) atoms. The molecule has 0 amide bonds. The normalized spacial score (nSPS) is 16.6. The second-order valence-corrected chi connectivity index (χ2v) is 4.93. The first kappa shape index (κ1) is 11.3. The maximum Gasteiger partial charge on any atom is 0.101 e. The van der Waals surface area contributed by atoms with E-state index in [0.717, 1.165) is 18.2 Å². The zero-order valence-electron chi connectivity index (χ0n) is 9.33. The first-order valence-electron chi connectivity index (χ1n) is 5.64. The molecular formula is C13H15ClN2. The Labute approximate surface area is 101 Å². The van der Waals surface area contributed by atoms with E-state index in [1.165, 1.54) is 12.8 Å². The van der Waals surface area contributed by atoms with E-state index in [0.29, 0.717) is 16.5 Å². The van der Waals surface area contributed by atoms with E-state index in [2.05, 4.69) is 18.3 Å². The molecule has 2 rings (SSSR count). The van der Waals surface area contributed by atoms with E-state index in [1.807, 2.05) is 6.07 Å². The molecule has 2 nitrogen and oxygen atoms in total. The van der Waals surface area contributed by atoms with E-state index in [-0.39, 0.29) is 0 Å². The third-order valence-corrected chi connectivity index (χ3v) is 3.38. The molecule has 1 aliphatic carbocycles. The second kappa shape index (κ2) is 4.76. The van der Waals surface area contributed by atoms with Gasteiger partial charge in [-0.2, -0.15) is 5.26 Å². The first-order chi connectivity index (χ1) is 7.70. The standard InChI is InChI=1S/C13H15ClN2/c1-9(10-2-3-10)8-16-13-6-12(14)5-4-11(13)7-15/h4-6,9-10,16H,2-3,8H2,1H3. The van der Waals surface area contributed by atoms with Crippen molar-refractivity contribution in [2.45, 2.75) is 19.8 Å². The number of nitrogens with one attached hydrogen (secondary N) is 1. The van der Waals surface area contributed by atoms with Gasteiger partial charge in [-0.15, -0.1) is 0 Å². The maximum atomic E-state index is 8.96. The molecule has 0 bridgehead atoms. The number of hydrogen-bond donors (Lipinski definition) is 1. The van der Waals surface area contributed by atoms with Crippen LogP contribution < -0.4 is 5.32 Å². The summed E-state index contributed by atoms with van der Waals surface area (Å²) >= 11 is 5.91. The van der Waals surface area contributed by atoms with Gasteiger partial charge in [0.15, 0.2) is 0 Å². The lowest BCUT2D eigenvalue weighted by Gasteiger charge is -2.13. The van der Waals surface area contributed by atoms with Gasteiger partial charge in [0.25, 0.3) is 0 Å². The average Bonchev–Trinajstić information content (AvgIpc) is 3.10. The quantitative estimate of drug-likeness (QED) is 0.863. The molecule has 3 heteroatoms. The van der Waals surface area contributed by atoms with Gasteiger partial charge in [0.05, 0.1) is 11.3 Å². The summed E-state index contributed by atoms with van der Waals surface area (Å²) in [7, 11) is 0. The Balaban J connectivity index is 2.02. The Hall–Kier alpha value is -1.20. The van der Waals surface area contributed by atoms with Gasteiger partial charge in [0.2, 0.25) is 0 Å². The van der Waals surface area contributed by atoms with Crippen LogP contribution in [-0.4, -0.2) is 6.54 Å². The lowest BCUT2D eigenvalue weighted by atomic mass is 10.1. The van der Waals surface area contributed by atoms with Gasteiger partial charge in [-0.25, -0.2) is 0 Å². The molecule has 0 radical (unpaired) electrons. The predicted octanol–water partition coefficient (Wildman–Crippen LogP) is 3.67. The Kier molecular flexibility index (Phi) is 3.36. The molecule has 0 saturated heterocycles. The van der Waals surface area contributed by atoms with Crippen LogP contribution >= 0.6 is 11.6 Å². The summed E-state index contributed by atoms with van der Waals surface area (Å²) in [5.74, 6) is 1.54. The van der Waals surface area contributed by atoms with Gasteiger partial charge >= 0.3 is 0 Å². The lowest BCUT2D eigenvalue weighted by Crippen LogP contribution is -2.13. The average molecular weight is 235 g/mol. The molecule has 1 aliphatic rings. The molecule has 1 unspecified atom stereocenters. The fourth-order valence-electron chi connectivity index (χ4n) is 1.86. The van der Waals surface area contributed by atoms with Crippen LogP contribution in [0.2, 0.25) is 5.02 Å². The molecule has 0 spiro atoms. The third kappa shape index (κ3) is 2.68. The van der Waals surface area contributed by atoms with Crippen LogP contribution in [0.15, 0.2) is 18.2 Å². The second-order valence-electron chi connectivity index (χ2n) is 4.50. The summed E-state index contributed by atoms with van der Waals surface area (Å²) in [6, 6.07) is 7.49. The number of rotatable bonds is 4. The van der Waals surface area contributed by atoms with Gasteiger partial charge in [-0.05, 0) is 42.9 Å². The van der Waals surface area contributed by atoms with Crippen molar-refractivity contribution in [1.29, 1.82) is 5.26 Å². The Morgan fingerprint density at radius 3 is 2.94 bits per heavy atom. The number of benzene rings is 1. The van der Waals surface area contributed by atoms with Crippen LogP contribution in [0, 0.1) is 23.2 Å². The molecule has 1 atom stereocenters. The molecule has 84 valence electrons. The van der Waals surface area contributed by atoms with Crippen molar-refractivity contribution in [3.8, 4) is 6.07 Å². The SMILES string of the molecule is CC(CNc1cc(Cl)ccc1C#N)C1CC1. The third-order valence-electron chi connectivity index (χ3n) is 3.14. The van der Waals surface area contributed by atoms with Gasteiger partial charge in [-0.1, -0.05) is 18.5 Å². The van der Waals surface area contributed by atoms with E-state index in [9.17, 15) is 0 Å².